The van der Waals surface area contributed by atoms with Gasteiger partial charge in [-0.1, -0.05) is 24.3 Å². The zero-order valence-corrected chi connectivity index (χ0v) is 16.6. The summed E-state index contributed by atoms with van der Waals surface area (Å²) in [6.45, 7) is 0.773. The van der Waals surface area contributed by atoms with Crippen LogP contribution in [0.5, 0.6) is 5.75 Å². The van der Waals surface area contributed by atoms with Crippen molar-refractivity contribution in [1.82, 2.24) is 24.9 Å². The third kappa shape index (κ3) is 4.20. The Morgan fingerprint density at radius 2 is 1.87 bits per heavy atom. The Morgan fingerprint density at radius 3 is 2.77 bits per heavy atom. The summed E-state index contributed by atoms with van der Waals surface area (Å²) in [7, 11) is 0. The van der Waals surface area contributed by atoms with Gasteiger partial charge in [0.15, 0.2) is 5.65 Å². The van der Waals surface area contributed by atoms with Gasteiger partial charge in [0, 0.05) is 23.7 Å². The lowest BCUT2D eigenvalue weighted by atomic mass is 10.2. The molecule has 5 aromatic rings. The van der Waals surface area contributed by atoms with Crippen molar-refractivity contribution in [3.8, 4) is 5.75 Å². The van der Waals surface area contributed by atoms with E-state index >= 15 is 0 Å². The minimum atomic E-state index is -0.149. The summed E-state index contributed by atoms with van der Waals surface area (Å²) in [6.07, 6.45) is 3.32. The Hall–Kier alpha value is -4.26. The lowest BCUT2D eigenvalue weighted by molar-refractivity contribution is 0.0951. The van der Waals surface area contributed by atoms with Gasteiger partial charge in [0.2, 0.25) is 0 Å². The molecule has 2 aromatic carbocycles. The first-order chi connectivity index (χ1) is 15.2. The smallest absolute Gasteiger partial charge is 0.251 e. The molecule has 31 heavy (non-hydrogen) atoms. The standard InChI is InChI=1S/C24H19N5O2/c30-24(25-14-17-11-12-29-23(13-17)26-16-27-29)19-6-9-21(10-7-19)31-15-20-8-5-18-3-1-2-4-22(18)28-20/h1-13,16H,14-15H2,(H,25,30). The monoisotopic (exact) mass is 409 g/mol. The molecule has 1 amide bonds. The highest BCUT2D eigenvalue weighted by Crippen LogP contribution is 2.16. The van der Waals surface area contributed by atoms with Crippen LogP contribution in [-0.2, 0) is 13.2 Å². The molecule has 3 heterocycles. The SMILES string of the molecule is O=C(NCc1ccn2ncnc2c1)c1ccc(OCc2ccc3ccccc3n2)cc1. The fourth-order valence-electron chi connectivity index (χ4n) is 3.30. The number of nitrogens with one attached hydrogen (secondary N) is 1. The van der Waals surface area contributed by atoms with E-state index in [-0.39, 0.29) is 5.91 Å². The summed E-state index contributed by atoms with van der Waals surface area (Å²) in [5.74, 6) is 0.535. The second kappa shape index (κ2) is 8.23. The van der Waals surface area contributed by atoms with E-state index in [0.29, 0.717) is 24.5 Å². The number of para-hydroxylation sites is 1. The van der Waals surface area contributed by atoms with Crippen molar-refractivity contribution >= 4 is 22.5 Å². The highest BCUT2D eigenvalue weighted by Gasteiger charge is 2.07. The molecule has 0 unspecified atom stereocenters. The molecule has 5 rings (SSSR count). The minimum Gasteiger partial charge on any atom is -0.487 e. The number of rotatable bonds is 6. The van der Waals surface area contributed by atoms with Crippen molar-refractivity contribution in [2.24, 2.45) is 0 Å². The molecule has 152 valence electrons. The lowest BCUT2D eigenvalue weighted by Gasteiger charge is -2.09. The molecule has 0 spiro atoms. The Balaban J connectivity index is 1.18. The molecule has 1 N–H and O–H groups in total. The summed E-state index contributed by atoms with van der Waals surface area (Å²) in [4.78, 5) is 21.2. The van der Waals surface area contributed by atoms with Crippen molar-refractivity contribution in [3.63, 3.8) is 0 Å². The zero-order valence-electron chi connectivity index (χ0n) is 16.6. The van der Waals surface area contributed by atoms with Crippen LogP contribution in [0, 0.1) is 0 Å². The predicted octanol–water partition coefficient (Wildman–Crippen LogP) is 3.79. The van der Waals surface area contributed by atoms with Crippen molar-refractivity contribution in [2.45, 2.75) is 13.2 Å². The summed E-state index contributed by atoms with van der Waals surface area (Å²) in [6, 6.07) is 22.8. The molecule has 0 saturated carbocycles. The van der Waals surface area contributed by atoms with E-state index in [2.05, 4.69) is 20.4 Å². The quantitative estimate of drug-likeness (QED) is 0.462. The fourth-order valence-corrected chi connectivity index (χ4v) is 3.30. The van der Waals surface area contributed by atoms with Gasteiger partial charge < -0.3 is 10.1 Å². The van der Waals surface area contributed by atoms with Crippen molar-refractivity contribution in [3.05, 3.63) is 102 Å². The average molecular weight is 409 g/mol. The molecule has 0 radical (unpaired) electrons. The number of amides is 1. The van der Waals surface area contributed by atoms with Crippen LogP contribution >= 0.6 is 0 Å². The van der Waals surface area contributed by atoms with Crippen LogP contribution in [0.1, 0.15) is 21.6 Å². The van der Waals surface area contributed by atoms with Gasteiger partial charge >= 0.3 is 0 Å². The van der Waals surface area contributed by atoms with Gasteiger partial charge in [-0.25, -0.2) is 14.5 Å². The maximum Gasteiger partial charge on any atom is 0.251 e. The molecule has 0 aliphatic heterocycles. The minimum absolute atomic E-state index is 0.149. The third-order valence-electron chi connectivity index (χ3n) is 4.96. The topological polar surface area (TPSA) is 81.4 Å². The number of carbonyl (C=O) groups excluding carboxylic acids is 1. The van der Waals surface area contributed by atoms with Crippen LogP contribution in [0.4, 0.5) is 0 Å². The predicted molar refractivity (Wildman–Crippen MR) is 117 cm³/mol. The number of benzene rings is 2. The Bertz CT molecular complexity index is 1360. The fraction of sp³-hybridized carbons (Fsp3) is 0.0833. The summed E-state index contributed by atoms with van der Waals surface area (Å²) in [5.41, 5.74) is 4.06. The molecule has 3 aromatic heterocycles. The lowest BCUT2D eigenvalue weighted by Crippen LogP contribution is -2.22. The van der Waals surface area contributed by atoms with Crippen LogP contribution in [0.25, 0.3) is 16.6 Å². The maximum absolute atomic E-state index is 12.5. The Kier molecular flexibility index (Phi) is 4.98. The number of nitrogens with zero attached hydrogens (tertiary/aromatic N) is 4. The van der Waals surface area contributed by atoms with Gasteiger partial charge in [0.25, 0.3) is 5.91 Å². The largest absolute Gasteiger partial charge is 0.487 e. The molecular weight excluding hydrogens is 390 g/mol. The van der Waals surface area contributed by atoms with Crippen LogP contribution in [-0.4, -0.2) is 25.5 Å². The Morgan fingerprint density at radius 1 is 1.00 bits per heavy atom. The molecule has 0 saturated heterocycles. The van der Waals surface area contributed by atoms with Crippen molar-refractivity contribution in [1.29, 1.82) is 0 Å². The van der Waals surface area contributed by atoms with E-state index in [1.165, 1.54) is 6.33 Å². The van der Waals surface area contributed by atoms with Gasteiger partial charge in [0.05, 0.1) is 11.2 Å². The summed E-state index contributed by atoms with van der Waals surface area (Å²) < 4.78 is 7.51. The molecule has 0 fully saturated rings. The first kappa shape index (κ1) is 18.7. The van der Waals surface area contributed by atoms with Gasteiger partial charge in [-0.2, -0.15) is 5.10 Å². The molecule has 0 aliphatic rings. The number of hydrogen-bond donors (Lipinski definition) is 1. The number of aromatic nitrogens is 4. The van der Waals surface area contributed by atoms with Crippen molar-refractivity contribution < 1.29 is 9.53 Å². The van der Waals surface area contributed by atoms with Gasteiger partial charge in [-0.15, -0.1) is 0 Å². The molecule has 7 heteroatoms. The number of fused-ring (bicyclic) bond motifs is 2. The number of hydrogen-bond acceptors (Lipinski definition) is 5. The molecule has 0 bridgehead atoms. The number of carbonyl (C=O) groups is 1. The second-order valence-corrected chi connectivity index (χ2v) is 7.09. The maximum atomic E-state index is 12.5. The first-order valence-electron chi connectivity index (χ1n) is 9.89. The van der Waals surface area contributed by atoms with E-state index in [0.717, 1.165) is 27.8 Å². The third-order valence-corrected chi connectivity index (χ3v) is 4.96. The van der Waals surface area contributed by atoms with E-state index in [1.807, 2.05) is 54.7 Å². The van der Waals surface area contributed by atoms with E-state index < -0.39 is 0 Å². The number of pyridine rings is 2. The second-order valence-electron chi connectivity index (χ2n) is 7.09. The van der Waals surface area contributed by atoms with Crippen LogP contribution in [0.2, 0.25) is 0 Å². The highest BCUT2D eigenvalue weighted by molar-refractivity contribution is 5.94. The number of ether oxygens (including phenoxy) is 1. The van der Waals surface area contributed by atoms with E-state index in [9.17, 15) is 4.79 Å². The highest BCUT2D eigenvalue weighted by atomic mass is 16.5. The normalized spacial score (nSPS) is 11.0. The van der Waals surface area contributed by atoms with Crippen molar-refractivity contribution in [2.75, 3.05) is 0 Å². The van der Waals surface area contributed by atoms with E-state index in [4.69, 9.17) is 4.74 Å². The average Bonchev–Trinajstić information content (AvgIpc) is 3.29. The van der Waals surface area contributed by atoms with Crippen LogP contribution < -0.4 is 10.1 Å². The summed E-state index contributed by atoms with van der Waals surface area (Å²) >= 11 is 0. The van der Waals surface area contributed by atoms with Crippen LogP contribution in [0.15, 0.2) is 85.3 Å². The molecular formula is C24H19N5O2. The zero-order chi connectivity index (χ0) is 21.0. The molecule has 7 nitrogen and oxygen atoms in total. The molecule has 0 aliphatic carbocycles. The molecule has 0 atom stereocenters. The van der Waals surface area contributed by atoms with Gasteiger partial charge in [0.1, 0.15) is 18.7 Å². The summed E-state index contributed by atoms with van der Waals surface area (Å²) in [5, 5.41) is 8.08. The van der Waals surface area contributed by atoms with Gasteiger partial charge in [-0.05, 0) is 54.1 Å². The van der Waals surface area contributed by atoms with Gasteiger partial charge in [-0.3, -0.25) is 4.79 Å². The van der Waals surface area contributed by atoms with E-state index in [1.54, 1.807) is 28.8 Å². The van der Waals surface area contributed by atoms with Crippen LogP contribution in [0.3, 0.4) is 0 Å². The first-order valence-corrected chi connectivity index (χ1v) is 9.89. The Labute approximate surface area is 178 Å².